The Morgan fingerprint density at radius 3 is 2.60 bits per heavy atom. The van der Waals surface area contributed by atoms with Crippen molar-refractivity contribution >= 4 is 0 Å². The standard InChI is InChI=1S/C9H19N/c1-4-6-7-9(10)8(3)5-2/h5,8-9H,2,4,6-7,10H2,1,3H3/t8-,9+/m0/s1. The normalized spacial score (nSPS) is 16.3. The van der Waals surface area contributed by atoms with Gasteiger partial charge in [0.2, 0.25) is 0 Å². The first kappa shape index (κ1) is 9.70. The Balaban J connectivity index is 3.40. The molecule has 0 unspecified atom stereocenters. The van der Waals surface area contributed by atoms with Crippen molar-refractivity contribution < 1.29 is 0 Å². The molecule has 2 N–H and O–H groups in total. The van der Waals surface area contributed by atoms with E-state index in [2.05, 4.69) is 20.4 Å². The maximum Gasteiger partial charge on any atom is 0.00991 e. The molecule has 0 rings (SSSR count). The van der Waals surface area contributed by atoms with Crippen LogP contribution in [0, 0.1) is 5.92 Å². The van der Waals surface area contributed by atoms with E-state index in [0.717, 1.165) is 6.42 Å². The molecule has 0 saturated heterocycles. The monoisotopic (exact) mass is 141 g/mol. The lowest BCUT2D eigenvalue weighted by Crippen LogP contribution is -2.26. The van der Waals surface area contributed by atoms with E-state index < -0.39 is 0 Å². The number of nitrogens with two attached hydrogens (primary N) is 1. The molecule has 0 aromatic carbocycles. The number of unbranched alkanes of at least 4 members (excludes halogenated alkanes) is 1. The molecule has 60 valence electrons. The Hall–Kier alpha value is -0.300. The van der Waals surface area contributed by atoms with Gasteiger partial charge in [-0.25, -0.2) is 0 Å². The molecule has 0 saturated carbocycles. The summed E-state index contributed by atoms with van der Waals surface area (Å²) in [6.45, 7) is 8.01. The fourth-order valence-corrected chi connectivity index (χ4v) is 0.878. The average Bonchev–Trinajstić information content (AvgIpc) is 1.98. The Bertz CT molecular complexity index is 88.7. The van der Waals surface area contributed by atoms with Gasteiger partial charge in [-0.3, -0.25) is 0 Å². The van der Waals surface area contributed by atoms with Crippen LogP contribution in [-0.4, -0.2) is 6.04 Å². The topological polar surface area (TPSA) is 26.0 Å². The van der Waals surface area contributed by atoms with E-state index in [-0.39, 0.29) is 0 Å². The van der Waals surface area contributed by atoms with Crippen molar-refractivity contribution in [1.82, 2.24) is 0 Å². The summed E-state index contributed by atoms with van der Waals surface area (Å²) in [6, 6.07) is 0.317. The van der Waals surface area contributed by atoms with Gasteiger partial charge in [-0.05, 0) is 12.3 Å². The third kappa shape index (κ3) is 3.67. The smallest absolute Gasteiger partial charge is 0.00991 e. The van der Waals surface area contributed by atoms with Gasteiger partial charge in [-0.2, -0.15) is 0 Å². The van der Waals surface area contributed by atoms with Crippen LogP contribution >= 0.6 is 0 Å². The van der Waals surface area contributed by atoms with Gasteiger partial charge in [0.25, 0.3) is 0 Å². The molecule has 1 heteroatoms. The molecule has 0 fully saturated rings. The zero-order valence-electron chi connectivity index (χ0n) is 7.14. The highest BCUT2D eigenvalue weighted by molar-refractivity contribution is 4.83. The minimum Gasteiger partial charge on any atom is -0.327 e. The van der Waals surface area contributed by atoms with Crippen LogP contribution in [0.3, 0.4) is 0 Å². The van der Waals surface area contributed by atoms with E-state index in [9.17, 15) is 0 Å². The predicted molar refractivity (Wildman–Crippen MR) is 46.9 cm³/mol. The lowest BCUT2D eigenvalue weighted by molar-refractivity contribution is 0.485. The van der Waals surface area contributed by atoms with E-state index in [1.165, 1.54) is 12.8 Å². The van der Waals surface area contributed by atoms with Crippen LogP contribution in [0.2, 0.25) is 0 Å². The van der Waals surface area contributed by atoms with Crippen LogP contribution in [-0.2, 0) is 0 Å². The minimum absolute atomic E-state index is 0.317. The molecule has 2 atom stereocenters. The minimum atomic E-state index is 0.317. The zero-order valence-corrected chi connectivity index (χ0v) is 7.14. The summed E-state index contributed by atoms with van der Waals surface area (Å²) < 4.78 is 0. The van der Waals surface area contributed by atoms with Gasteiger partial charge >= 0.3 is 0 Å². The number of hydrogen-bond acceptors (Lipinski definition) is 1. The van der Waals surface area contributed by atoms with Crippen molar-refractivity contribution in [2.75, 3.05) is 0 Å². The molecule has 0 aliphatic carbocycles. The third-order valence-electron chi connectivity index (χ3n) is 1.94. The van der Waals surface area contributed by atoms with E-state index in [1.54, 1.807) is 0 Å². The lowest BCUT2D eigenvalue weighted by atomic mass is 9.98. The highest BCUT2D eigenvalue weighted by atomic mass is 14.6. The van der Waals surface area contributed by atoms with Crippen LogP contribution in [0.4, 0.5) is 0 Å². The van der Waals surface area contributed by atoms with Gasteiger partial charge in [0.1, 0.15) is 0 Å². The maximum atomic E-state index is 5.84. The van der Waals surface area contributed by atoms with E-state index in [0.29, 0.717) is 12.0 Å². The van der Waals surface area contributed by atoms with Gasteiger partial charge in [0.15, 0.2) is 0 Å². The second-order valence-electron chi connectivity index (χ2n) is 2.90. The van der Waals surface area contributed by atoms with Crippen molar-refractivity contribution in [3.8, 4) is 0 Å². The fraction of sp³-hybridized carbons (Fsp3) is 0.778. The van der Waals surface area contributed by atoms with Crippen molar-refractivity contribution in [2.24, 2.45) is 11.7 Å². The highest BCUT2D eigenvalue weighted by Gasteiger charge is 2.06. The van der Waals surface area contributed by atoms with Gasteiger partial charge in [0.05, 0.1) is 0 Å². The average molecular weight is 141 g/mol. The molecule has 0 heterocycles. The largest absolute Gasteiger partial charge is 0.327 e. The molecule has 0 aliphatic heterocycles. The fourth-order valence-electron chi connectivity index (χ4n) is 0.878. The molecule has 0 amide bonds. The van der Waals surface area contributed by atoms with Crippen molar-refractivity contribution in [3.05, 3.63) is 12.7 Å². The van der Waals surface area contributed by atoms with Crippen LogP contribution in [0.25, 0.3) is 0 Å². The summed E-state index contributed by atoms with van der Waals surface area (Å²) in [4.78, 5) is 0. The summed E-state index contributed by atoms with van der Waals surface area (Å²) in [5, 5.41) is 0. The summed E-state index contributed by atoms with van der Waals surface area (Å²) in [7, 11) is 0. The molecule has 0 aromatic rings. The first-order valence-corrected chi connectivity index (χ1v) is 4.10. The van der Waals surface area contributed by atoms with Crippen LogP contribution in [0.5, 0.6) is 0 Å². The van der Waals surface area contributed by atoms with Crippen LogP contribution in [0.15, 0.2) is 12.7 Å². The summed E-state index contributed by atoms with van der Waals surface area (Å²) in [5.41, 5.74) is 5.84. The number of hydrogen-bond donors (Lipinski definition) is 1. The second-order valence-corrected chi connectivity index (χ2v) is 2.90. The van der Waals surface area contributed by atoms with Gasteiger partial charge in [0, 0.05) is 6.04 Å². The third-order valence-corrected chi connectivity index (χ3v) is 1.94. The molecular formula is C9H19N. The summed E-state index contributed by atoms with van der Waals surface area (Å²) in [5.74, 6) is 0.464. The van der Waals surface area contributed by atoms with E-state index in [1.807, 2.05) is 6.08 Å². The summed E-state index contributed by atoms with van der Waals surface area (Å²) in [6.07, 6.45) is 5.53. The van der Waals surface area contributed by atoms with Crippen LogP contribution in [0.1, 0.15) is 33.1 Å². The Kier molecular flexibility index (Phi) is 5.32. The second kappa shape index (κ2) is 5.48. The molecule has 0 spiro atoms. The van der Waals surface area contributed by atoms with Gasteiger partial charge in [-0.15, -0.1) is 6.58 Å². The molecular weight excluding hydrogens is 122 g/mol. The molecule has 0 bridgehead atoms. The molecule has 1 nitrogen and oxygen atoms in total. The molecule has 0 radical (unpaired) electrons. The molecule has 0 aromatic heterocycles. The highest BCUT2D eigenvalue weighted by Crippen LogP contribution is 2.08. The first-order chi connectivity index (χ1) is 4.72. The molecule has 10 heavy (non-hydrogen) atoms. The Labute approximate surface area is 64.3 Å². The van der Waals surface area contributed by atoms with Crippen LogP contribution < -0.4 is 5.73 Å². The van der Waals surface area contributed by atoms with E-state index in [4.69, 9.17) is 5.73 Å². The van der Waals surface area contributed by atoms with Gasteiger partial charge < -0.3 is 5.73 Å². The van der Waals surface area contributed by atoms with Gasteiger partial charge in [-0.1, -0.05) is 32.8 Å². The van der Waals surface area contributed by atoms with E-state index >= 15 is 0 Å². The van der Waals surface area contributed by atoms with Crippen molar-refractivity contribution in [2.45, 2.75) is 39.2 Å². The maximum absolute atomic E-state index is 5.84. The Morgan fingerprint density at radius 1 is 1.60 bits per heavy atom. The summed E-state index contributed by atoms with van der Waals surface area (Å²) >= 11 is 0. The zero-order chi connectivity index (χ0) is 7.98. The van der Waals surface area contributed by atoms with Crippen molar-refractivity contribution in [3.63, 3.8) is 0 Å². The Morgan fingerprint density at radius 2 is 2.20 bits per heavy atom. The lowest BCUT2D eigenvalue weighted by Gasteiger charge is -2.14. The first-order valence-electron chi connectivity index (χ1n) is 4.10. The molecule has 0 aliphatic rings. The SMILES string of the molecule is C=C[C@H](C)[C@H](N)CCCC. The quantitative estimate of drug-likeness (QED) is 0.584. The predicted octanol–water partition coefficient (Wildman–Crippen LogP) is 2.33. The number of rotatable bonds is 5. The van der Waals surface area contributed by atoms with Crippen molar-refractivity contribution in [1.29, 1.82) is 0 Å².